The first-order chi connectivity index (χ1) is 7.56. The SMILES string of the molecule is CCC(CN)S(=O)(=O)N1CCCC(CO)C1. The van der Waals surface area contributed by atoms with Crippen LogP contribution in [-0.4, -0.2) is 49.3 Å². The monoisotopic (exact) mass is 250 g/mol. The fourth-order valence-electron chi connectivity index (χ4n) is 2.12. The molecule has 1 saturated heterocycles. The Morgan fingerprint density at radius 2 is 2.25 bits per heavy atom. The molecule has 5 nitrogen and oxygen atoms in total. The molecule has 0 aromatic carbocycles. The van der Waals surface area contributed by atoms with Gasteiger partial charge in [0.2, 0.25) is 10.0 Å². The van der Waals surface area contributed by atoms with Gasteiger partial charge < -0.3 is 10.8 Å². The first kappa shape index (κ1) is 13.9. The average molecular weight is 250 g/mol. The molecule has 3 N–H and O–H groups in total. The Kier molecular flexibility index (Phi) is 5.17. The second kappa shape index (κ2) is 5.95. The molecule has 1 fully saturated rings. The Bertz CT molecular complexity index is 301. The second-order valence-electron chi connectivity index (χ2n) is 4.36. The number of nitrogens with two attached hydrogens (primary N) is 1. The van der Waals surface area contributed by atoms with Crippen LogP contribution in [0.2, 0.25) is 0 Å². The third kappa shape index (κ3) is 2.94. The van der Waals surface area contributed by atoms with Crippen LogP contribution in [0.4, 0.5) is 0 Å². The van der Waals surface area contributed by atoms with E-state index in [1.54, 1.807) is 0 Å². The van der Waals surface area contributed by atoms with Crippen molar-refractivity contribution >= 4 is 10.0 Å². The van der Waals surface area contributed by atoms with Crippen LogP contribution in [0, 0.1) is 5.92 Å². The molecule has 0 amide bonds. The molecule has 0 aromatic rings. The molecule has 6 heteroatoms. The van der Waals surface area contributed by atoms with E-state index in [9.17, 15) is 8.42 Å². The van der Waals surface area contributed by atoms with Gasteiger partial charge >= 0.3 is 0 Å². The summed E-state index contributed by atoms with van der Waals surface area (Å²) in [6, 6.07) is 0. The van der Waals surface area contributed by atoms with Gasteiger partial charge in [-0.2, -0.15) is 0 Å². The second-order valence-corrected chi connectivity index (χ2v) is 6.57. The smallest absolute Gasteiger partial charge is 0.218 e. The van der Waals surface area contributed by atoms with Crippen LogP contribution < -0.4 is 5.73 Å². The van der Waals surface area contributed by atoms with Crippen molar-refractivity contribution in [2.75, 3.05) is 26.2 Å². The lowest BCUT2D eigenvalue weighted by Crippen LogP contribution is -2.47. The number of sulfonamides is 1. The molecular weight excluding hydrogens is 228 g/mol. The van der Waals surface area contributed by atoms with Crippen LogP contribution in [-0.2, 0) is 10.0 Å². The van der Waals surface area contributed by atoms with Gasteiger partial charge in [0, 0.05) is 26.2 Å². The molecule has 0 aromatic heterocycles. The highest BCUT2D eigenvalue weighted by Gasteiger charge is 2.33. The van der Waals surface area contributed by atoms with E-state index < -0.39 is 15.3 Å². The van der Waals surface area contributed by atoms with E-state index in [1.807, 2.05) is 6.92 Å². The summed E-state index contributed by atoms with van der Waals surface area (Å²) in [5, 5.41) is 8.60. The Morgan fingerprint density at radius 1 is 1.56 bits per heavy atom. The van der Waals surface area contributed by atoms with E-state index in [4.69, 9.17) is 10.8 Å². The van der Waals surface area contributed by atoms with Crippen LogP contribution >= 0.6 is 0 Å². The molecule has 0 aliphatic carbocycles. The fraction of sp³-hybridized carbons (Fsp3) is 1.00. The molecule has 2 atom stereocenters. The van der Waals surface area contributed by atoms with E-state index in [0.29, 0.717) is 19.5 Å². The molecule has 1 rings (SSSR count). The molecule has 2 unspecified atom stereocenters. The lowest BCUT2D eigenvalue weighted by atomic mass is 10.0. The summed E-state index contributed by atoms with van der Waals surface area (Å²) in [5.74, 6) is 0.0822. The van der Waals surface area contributed by atoms with Gasteiger partial charge in [-0.1, -0.05) is 6.92 Å². The lowest BCUT2D eigenvalue weighted by molar-refractivity contribution is 0.165. The minimum atomic E-state index is -3.27. The Labute approximate surface area is 97.7 Å². The molecule has 0 saturated carbocycles. The van der Waals surface area contributed by atoms with Crippen molar-refractivity contribution in [1.29, 1.82) is 0 Å². The first-order valence-corrected chi connectivity index (χ1v) is 7.36. The summed E-state index contributed by atoms with van der Waals surface area (Å²) in [4.78, 5) is 0. The van der Waals surface area contributed by atoms with Gasteiger partial charge in [0.15, 0.2) is 0 Å². The van der Waals surface area contributed by atoms with Crippen molar-refractivity contribution in [2.24, 2.45) is 11.7 Å². The average Bonchev–Trinajstić information content (AvgIpc) is 2.30. The van der Waals surface area contributed by atoms with E-state index in [-0.39, 0.29) is 19.1 Å². The fourth-order valence-corrected chi connectivity index (χ4v) is 4.00. The largest absolute Gasteiger partial charge is 0.396 e. The summed E-state index contributed by atoms with van der Waals surface area (Å²) in [6.07, 6.45) is 2.27. The molecule has 1 aliphatic heterocycles. The molecule has 0 bridgehead atoms. The van der Waals surface area contributed by atoms with Gasteiger partial charge in [-0.15, -0.1) is 0 Å². The molecular formula is C10H22N2O3S. The van der Waals surface area contributed by atoms with Crippen molar-refractivity contribution < 1.29 is 13.5 Å². The minimum Gasteiger partial charge on any atom is -0.396 e. The number of aliphatic hydroxyl groups is 1. The summed E-state index contributed by atoms with van der Waals surface area (Å²) in [6.45, 7) is 3.07. The summed E-state index contributed by atoms with van der Waals surface area (Å²) >= 11 is 0. The van der Waals surface area contributed by atoms with Gasteiger partial charge in [0.25, 0.3) is 0 Å². The van der Waals surface area contributed by atoms with Gasteiger partial charge in [-0.25, -0.2) is 12.7 Å². The van der Waals surface area contributed by atoms with Crippen molar-refractivity contribution in [2.45, 2.75) is 31.4 Å². The molecule has 1 heterocycles. The number of rotatable bonds is 5. The maximum Gasteiger partial charge on any atom is 0.218 e. The van der Waals surface area contributed by atoms with E-state index >= 15 is 0 Å². The highest BCUT2D eigenvalue weighted by atomic mass is 32.2. The molecule has 0 spiro atoms. The van der Waals surface area contributed by atoms with Crippen LogP contribution in [0.5, 0.6) is 0 Å². The molecule has 0 radical (unpaired) electrons. The predicted octanol–water partition coefficient (Wildman–Crippen LogP) is -0.242. The third-order valence-corrected chi connectivity index (χ3v) is 5.66. The highest BCUT2D eigenvalue weighted by molar-refractivity contribution is 7.89. The molecule has 1 aliphatic rings. The number of hydrogen-bond donors (Lipinski definition) is 2. The molecule has 96 valence electrons. The summed E-state index contributed by atoms with van der Waals surface area (Å²) < 4.78 is 25.8. The Hall–Kier alpha value is -0.170. The quantitative estimate of drug-likeness (QED) is 0.705. The van der Waals surface area contributed by atoms with E-state index in [2.05, 4.69) is 0 Å². The van der Waals surface area contributed by atoms with E-state index in [1.165, 1.54) is 4.31 Å². The normalized spacial score (nSPS) is 25.6. The van der Waals surface area contributed by atoms with Crippen molar-refractivity contribution in [3.63, 3.8) is 0 Å². The zero-order valence-electron chi connectivity index (χ0n) is 9.80. The maximum absolute atomic E-state index is 12.2. The minimum absolute atomic E-state index is 0.0609. The van der Waals surface area contributed by atoms with Crippen LogP contribution in [0.15, 0.2) is 0 Å². The van der Waals surface area contributed by atoms with Crippen LogP contribution in [0.25, 0.3) is 0 Å². The van der Waals surface area contributed by atoms with Gasteiger partial charge in [0.1, 0.15) is 0 Å². The van der Waals surface area contributed by atoms with E-state index in [0.717, 1.165) is 12.8 Å². The van der Waals surface area contributed by atoms with Crippen molar-refractivity contribution in [1.82, 2.24) is 4.31 Å². The van der Waals surface area contributed by atoms with Crippen molar-refractivity contribution in [3.8, 4) is 0 Å². The molecule has 16 heavy (non-hydrogen) atoms. The van der Waals surface area contributed by atoms with Crippen LogP contribution in [0.1, 0.15) is 26.2 Å². The van der Waals surface area contributed by atoms with Crippen molar-refractivity contribution in [3.05, 3.63) is 0 Å². The number of piperidine rings is 1. The van der Waals surface area contributed by atoms with Gasteiger partial charge in [0.05, 0.1) is 5.25 Å². The zero-order valence-corrected chi connectivity index (χ0v) is 10.6. The standard InChI is InChI=1S/C10H22N2O3S/c1-2-10(6-11)16(14,15)12-5-3-4-9(7-12)8-13/h9-10,13H,2-8,11H2,1H3. The Morgan fingerprint density at radius 3 is 2.75 bits per heavy atom. The number of aliphatic hydroxyl groups excluding tert-OH is 1. The van der Waals surface area contributed by atoms with Gasteiger partial charge in [-0.05, 0) is 25.2 Å². The first-order valence-electron chi connectivity index (χ1n) is 5.86. The van der Waals surface area contributed by atoms with Gasteiger partial charge in [-0.3, -0.25) is 0 Å². The summed E-state index contributed by atoms with van der Waals surface area (Å²) in [7, 11) is -3.27. The number of nitrogens with zero attached hydrogens (tertiary/aromatic N) is 1. The zero-order chi connectivity index (χ0) is 12.2. The number of hydrogen-bond acceptors (Lipinski definition) is 4. The Balaban J connectivity index is 2.75. The predicted molar refractivity (Wildman–Crippen MR) is 63.4 cm³/mol. The topological polar surface area (TPSA) is 83.6 Å². The van der Waals surface area contributed by atoms with Crippen LogP contribution in [0.3, 0.4) is 0 Å². The maximum atomic E-state index is 12.2. The third-order valence-electron chi connectivity index (χ3n) is 3.24. The lowest BCUT2D eigenvalue weighted by Gasteiger charge is -2.33. The summed E-state index contributed by atoms with van der Waals surface area (Å²) in [5.41, 5.74) is 5.49. The highest BCUT2D eigenvalue weighted by Crippen LogP contribution is 2.21.